The maximum Gasteiger partial charge on any atom is 0.472 e. The first-order valence-electron chi connectivity index (χ1n) is 21.5. The minimum absolute atomic E-state index is 0. The molecule has 0 bridgehead atoms. The summed E-state index contributed by atoms with van der Waals surface area (Å²) in [6, 6.07) is 0. The Morgan fingerprint density at radius 1 is 0.500 bits per heavy atom. The SMILES string of the molecule is CC(C)CCCC(C)CCCC(C)CCOCC(COP(=O)(O)OCC[N+](C)(C)C)OCCC(C)CCC[C@H](C)CCC[C@H](C)CCCC(C)C.[OH-]. The Kier molecular flexibility index (Phi) is 33.3. The standard InChI is InChI=1S/C43H90NO6P.H2O/c1-36(2)18-13-20-38(5)22-15-23-40(7)25-17-27-42(9)29-32-48-43(35-50-51(45,46)49-33-30-44(10,11)12)34-47-31-28-41(8)26-16-24-39(6)21-14-19-37(3)4;/h36-43H,13-35H2,1-12H3;1H2/t38-,39?,40-,41?,42?,43?;/m1./s1. The van der Waals surface area contributed by atoms with Crippen molar-refractivity contribution in [3.05, 3.63) is 0 Å². The van der Waals surface area contributed by atoms with Gasteiger partial charge in [0.25, 0.3) is 0 Å². The summed E-state index contributed by atoms with van der Waals surface area (Å²) in [6.45, 7) is 23.5. The summed E-state index contributed by atoms with van der Waals surface area (Å²) in [5.41, 5.74) is 0. The van der Waals surface area contributed by atoms with E-state index in [-0.39, 0.29) is 18.7 Å². The Balaban J connectivity index is 0. The molecule has 0 aromatic carbocycles. The summed E-state index contributed by atoms with van der Waals surface area (Å²) in [5, 5.41) is 0. The van der Waals surface area contributed by atoms with E-state index >= 15 is 0 Å². The lowest BCUT2D eigenvalue weighted by molar-refractivity contribution is -0.870. The summed E-state index contributed by atoms with van der Waals surface area (Å²) < 4.78 is 36.2. The van der Waals surface area contributed by atoms with Gasteiger partial charge in [0.1, 0.15) is 19.3 Å². The van der Waals surface area contributed by atoms with Crippen LogP contribution in [0.5, 0.6) is 0 Å². The maximum absolute atomic E-state index is 12.6. The van der Waals surface area contributed by atoms with Crippen LogP contribution in [-0.2, 0) is 23.1 Å². The molecule has 0 aromatic rings. The second-order valence-electron chi connectivity index (χ2n) is 18.7. The molecule has 0 radical (unpaired) electrons. The van der Waals surface area contributed by atoms with E-state index in [9.17, 15) is 9.46 Å². The van der Waals surface area contributed by atoms with Gasteiger partial charge in [0.2, 0.25) is 0 Å². The van der Waals surface area contributed by atoms with Gasteiger partial charge in [-0.05, 0) is 54.3 Å². The van der Waals surface area contributed by atoms with Crippen molar-refractivity contribution in [2.75, 3.05) is 60.7 Å². The number of hydrogen-bond acceptors (Lipinski definition) is 6. The van der Waals surface area contributed by atoms with Gasteiger partial charge in [-0.25, -0.2) is 4.57 Å². The van der Waals surface area contributed by atoms with Crippen LogP contribution in [0.4, 0.5) is 0 Å². The number of rotatable bonds is 36. The fourth-order valence-electron chi connectivity index (χ4n) is 6.64. The van der Waals surface area contributed by atoms with E-state index in [4.69, 9.17) is 18.5 Å². The van der Waals surface area contributed by atoms with Crippen LogP contribution in [0.1, 0.15) is 171 Å². The molecule has 0 rings (SSSR count). The van der Waals surface area contributed by atoms with Crippen molar-refractivity contribution >= 4 is 7.82 Å². The lowest BCUT2D eigenvalue weighted by atomic mass is 9.91. The highest BCUT2D eigenvalue weighted by Crippen LogP contribution is 2.43. The Hall–Kier alpha value is -0.0500. The second kappa shape index (κ2) is 32.1. The lowest BCUT2D eigenvalue weighted by Crippen LogP contribution is -2.37. The van der Waals surface area contributed by atoms with Crippen LogP contribution in [-0.4, -0.2) is 81.7 Å². The molecule has 2 N–H and O–H groups in total. The average Bonchev–Trinajstić information content (AvgIpc) is 3.00. The van der Waals surface area contributed by atoms with E-state index in [0.717, 1.165) is 42.4 Å². The quantitative estimate of drug-likeness (QED) is 0.0385. The second-order valence-corrected chi connectivity index (χ2v) is 20.2. The summed E-state index contributed by atoms with van der Waals surface area (Å²) in [4.78, 5) is 10.3. The molecule has 0 saturated carbocycles. The Labute approximate surface area is 324 Å². The van der Waals surface area contributed by atoms with Crippen LogP contribution in [0.25, 0.3) is 0 Å². The summed E-state index contributed by atoms with van der Waals surface area (Å²) in [5.74, 6) is 5.27. The van der Waals surface area contributed by atoms with Gasteiger partial charge in [-0.15, -0.1) is 0 Å². The molecule has 7 atom stereocenters. The van der Waals surface area contributed by atoms with Crippen molar-refractivity contribution in [2.24, 2.45) is 41.4 Å². The number of hydrogen-bond donors (Lipinski definition) is 1. The Bertz CT molecular complexity index is 837. The molecular weight excluding hydrogens is 673 g/mol. The van der Waals surface area contributed by atoms with E-state index < -0.39 is 13.9 Å². The average molecular weight is 766 g/mol. The van der Waals surface area contributed by atoms with E-state index in [1.807, 2.05) is 21.1 Å². The fraction of sp³-hybridized carbons (Fsp3) is 1.00. The van der Waals surface area contributed by atoms with E-state index in [1.54, 1.807) is 0 Å². The number of likely N-dealkylation sites (N-methyl/N-ethyl adjacent to an activating group) is 1. The first-order chi connectivity index (χ1) is 23.9. The molecule has 0 aromatic heterocycles. The smallest absolute Gasteiger partial charge is 0.472 e. The predicted octanol–water partition coefficient (Wildman–Crippen LogP) is 12.2. The number of ether oxygens (including phenoxy) is 2. The van der Waals surface area contributed by atoms with Crippen molar-refractivity contribution in [3.8, 4) is 0 Å². The van der Waals surface area contributed by atoms with Gasteiger partial charge in [0, 0.05) is 13.2 Å². The van der Waals surface area contributed by atoms with Crippen LogP contribution in [0.15, 0.2) is 0 Å². The predicted molar refractivity (Wildman–Crippen MR) is 221 cm³/mol. The molecule has 8 nitrogen and oxygen atoms in total. The highest BCUT2D eigenvalue weighted by atomic mass is 31.2. The molecule has 0 spiro atoms. The summed E-state index contributed by atoms with van der Waals surface area (Å²) >= 11 is 0. The van der Waals surface area contributed by atoms with Crippen LogP contribution in [0.2, 0.25) is 0 Å². The minimum Gasteiger partial charge on any atom is -0.870 e. The van der Waals surface area contributed by atoms with E-state index in [2.05, 4.69) is 62.3 Å². The van der Waals surface area contributed by atoms with Crippen LogP contribution >= 0.6 is 7.82 Å². The first kappa shape index (κ1) is 54.1. The van der Waals surface area contributed by atoms with Gasteiger partial charge in [0.15, 0.2) is 0 Å². The zero-order valence-electron chi connectivity index (χ0n) is 36.7. The third kappa shape index (κ3) is 36.9. The van der Waals surface area contributed by atoms with E-state index in [0.29, 0.717) is 42.7 Å². The van der Waals surface area contributed by atoms with Crippen molar-refractivity contribution in [1.82, 2.24) is 0 Å². The van der Waals surface area contributed by atoms with E-state index in [1.165, 1.54) is 96.3 Å². The highest BCUT2D eigenvalue weighted by Gasteiger charge is 2.25. The summed E-state index contributed by atoms with van der Waals surface area (Å²) in [6.07, 6.45) is 21.4. The van der Waals surface area contributed by atoms with Gasteiger partial charge < -0.3 is 24.3 Å². The van der Waals surface area contributed by atoms with Gasteiger partial charge in [0.05, 0.1) is 34.4 Å². The fourth-order valence-corrected chi connectivity index (χ4v) is 7.38. The number of phosphoric ester groups is 1. The Morgan fingerprint density at radius 3 is 1.25 bits per heavy atom. The summed E-state index contributed by atoms with van der Waals surface area (Å²) in [7, 11) is 1.89. The van der Waals surface area contributed by atoms with Crippen LogP contribution in [0.3, 0.4) is 0 Å². The molecule has 0 aliphatic rings. The largest absolute Gasteiger partial charge is 0.870 e. The monoisotopic (exact) mass is 766 g/mol. The highest BCUT2D eigenvalue weighted by molar-refractivity contribution is 7.47. The van der Waals surface area contributed by atoms with Crippen molar-refractivity contribution in [2.45, 2.75) is 178 Å². The van der Waals surface area contributed by atoms with Gasteiger partial charge in [-0.1, -0.05) is 159 Å². The molecule has 0 amide bonds. The number of phosphoric acid groups is 1. The Morgan fingerprint density at radius 2 is 0.865 bits per heavy atom. The first-order valence-corrected chi connectivity index (χ1v) is 23.0. The molecule has 5 unspecified atom stereocenters. The van der Waals surface area contributed by atoms with Gasteiger partial charge in [-0.3, -0.25) is 9.05 Å². The topological polar surface area (TPSA) is 104 Å². The minimum atomic E-state index is -4.16. The van der Waals surface area contributed by atoms with Crippen molar-refractivity contribution in [1.29, 1.82) is 0 Å². The molecule has 52 heavy (non-hydrogen) atoms. The molecule has 0 heterocycles. The third-order valence-electron chi connectivity index (χ3n) is 10.6. The molecule has 0 saturated heterocycles. The zero-order valence-corrected chi connectivity index (χ0v) is 37.6. The normalized spacial score (nSPS) is 17.1. The molecule has 0 fully saturated rings. The maximum atomic E-state index is 12.6. The zero-order chi connectivity index (χ0) is 38.7. The lowest BCUT2D eigenvalue weighted by Gasteiger charge is -2.24. The molecule has 0 aliphatic heterocycles. The number of quaternary nitrogens is 1. The van der Waals surface area contributed by atoms with Crippen LogP contribution < -0.4 is 0 Å². The van der Waals surface area contributed by atoms with Gasteiger partial charge >= 0.3 is 7.82 Å². The molecular formula is C43H92NO7P. The number of nitrogens with zero attached hydrogens (tertiary/aromatic N) is 1. The molecule has 9 heteroatoms. The van der Waals surface area contributed by atoms with Crippen molar-refractivity contribution < 1.29 is 37.9 Å². The van der Waals surface area contributed by atoms with Crippen LogP contribution in [0, 0.1) is 41.4 Å². The molecule has 316 valence electrons. The third-order valence-corrected chi connectivity index (χ3v) is 11.6. The van der Waals surface area contributed by atoms with Crippen molar-refractivity contribution in [3.63, 3.8) is 0 Å². The molecule has 0 aliphatic carbocycles. The van der Waals surface area contributed by atoms with Gasteiger partial charge in [-0.2, -0.15) is 0 Å².